The number of nitrogens with one attached hydrogen (secondary N) is 2. The van der Waals surface area contributed by atoms with Gasteiger partial charge in [-0.1, -0.05) is 24.3 Å². The molecule has 8 heteroatoms. The number of ether oxygens (including phenoxy) is 1. The minimum atomic E-state index is -0.0338. The minimum absolute atomic E-state index is 0. The lowest BCUT2D eigenvalue weighted by molar-refractivity contribution is -0.127. The van der Waals surface area contributed by atoms with E-state index in [0.717, 1.165) is 36.5 Å². The molecule has 1 aliphatic rings. The number of rotatable bonds is 7. The van der Waals surface area contributed by atoms with Crippen LogP contribution in [0, 0.1) is 0 Å². The molecular formula is C20H32IN5O2. The van der Waals surface area contributed by atoms with Crippen molar-refractivity contribution in [3.05, 3.63) is 36.4 Å². The van der Waals surface area contributed by atoms with Crippen molar-refractivity contribution in [1.29, 1.82) is 0 Å². The van der Waals surface area contributed by atoms with E-state index in [1.165, 1.54) is 0 Å². The van der Waals surface area contributed by atoms with E-state index >= 15 is 0 Å². The molecule has 1 fully saturated rings. The number of likely N-dealkylation sites (N-methyl/N-ethyl adjacent to an activating group) is 1. The Hall–Kier alpha value is -1.97. The Labute approximate surface area is 185 Å². The SMILES string of the molecule is C=C(C)CNC(=NCC(=O)N(C)C)NC1CCN(c2ccccc2OC)C1.I. The van der Waals surface area contributed by atoms with E-state index in [1.807, 2.05) is 25.1 Å². The summed E-state index contributed by atoms with van der Waals surface area (Å²) in [4.78, 5) is 20.1. The van der Waals surface area contributed by atoms with Gasteiger partial charge < -0.3 is 25.2 Å². The van der Waals surface area contributed by atoms with Gasteiger partial charge in [0.1, 0.15) is 12.3 Å². The van der Waals surface area contributed by atoms with E-state index in [2.05, 4.69) is 33.2 Å². The van der Waals surface area contributed by atoms with Crippen LogP contribution in [0.1, 0.15) is 13.3 Å². The Morgan fingerprint density at radius 1 is 1.39 bits per heavy atom. The van der Waals surface area contributed by atoms with Crippen molar-refractivity contribution in [3.8, 4) is 5.75 Å². The van der Waals surface area contributed by atoms with Crippen molar-refractivity contribution in [2.45, 2.75) is 19.4 Å². The summed E-state index contributed by atoms with van der Waals surface area (Å²) >= 11 is 0. The van der Waals surface area contributed by atoms with Gasteiger partial charge in [0.2, 0.25) is 5.91 Å². The van der Waals surface area contributed by atoms with E-state index in [4.69, 9.17) is 4.74 Å². The summed E-state index contributed by atoms with van der Waals surface area (Å²) in [5.74, 6) is 1.48. The third kappa shape index (κ3) is 7.21. The Morgan fingerprint density at radius 2 is 2.11 bits per heavy atom. The van der Waals surface area contributed by atoms with E-state index in [1.54, 1.807) is 26.1 Å². The minimum Gasteiger partial charge on any atom is -0.495 e. The highest BCUT2D eigenvalue weighted by molar-refractivity contribution is 14.0. The van der Waals surface area contributed by atoms with Gasteiger partial charge in [-0.2, -0.15) is 0 Å². The lowest BCUT2D eigenvalue weighted by atomic mass is 10.2. The van der Waals surface area contributed by atoms with Crippen LogP contribution in [0.15, 0.2) is 41.4 Å². The Morgan fingerprint density at radius 3 is 2.75 bits per heavy atom. The molecule has 0 radical (unpaired) electrons. The monoisotopic (exact) mass is 501 g/mol. The first-order valence-corrected chi connectivity index (χ1v) is 9.18. The zero-order valence-electron chi connectivity index (χ0n) is 17.2. The number of para-hydroxylation sites is 2. The van der Waals surface area contributed by atoms with Gasteiger partial charge in [0.25, 0.3) is 0 Å². The summed E-state index contributed by atoms with van der Waals surface area (Å²) in [5.41, 5.74) is 2.10. The molecule has 7 nitrogen and oxygen atoms in total. The maximum absolute atomic E-state index is 11.9. The first-order valence-electron chi connectivity index (χ1n) is 9.18. The van der Waals surface area contributed by atoms with Gasteiger partial charge in [-0.25, -0.2) is 4.99 Å². The number of carbonyl (C=O) groups is 1. The number of carbonyl (C=O) groups excluding carboxylic acids is 1. The van der Waals surface area contributed by atoms with Crippen LogP contribution in [-0.4, -0.2) is 70.2 Å². The summed E-state index contributed by atoms with van der Waals surface area (Å²) in [6.45, 7) is 8.37. The third-order valence-corrected chi connectivity index (χ3v) is 4.38. The zero-order valence-corrected chi connectivity index (χ0v) is 19.5. The lowest BCUT2D eigenvalue weighted by Crippen LogP contribution is -2.45. The average Bonchev–Trinajstić information content (AvgIpc) is 3.11. The second-order valence-electron chi connectivity index (χ2n) is 7.01. The first-order chi connectivity index (χ1) is 12.9. The molecule has 28 heavy (non-hydrogen) atoms. The molecule has 0 aromatic heterocycles. The maximum Gasteiger partial charge on any atom is 0.243 e. The molecule has 1 heterocycles. The maximum atomic E-state index is 11.9. The summed E-state index contributed by atoms with van der Waals surface area (Å²) in [7, 11) is 5.15. The molecule has 0 aliphatic carbocycles. The van der Waals surface area contributed by atoms with Crippen molar-refractivity contribution in [1.82, 2.24) is 15.5 Å². The van der Waals surface area contributed by atoms with Crippen LogP contribution in [0.3, 0.4) is 0 Å². The first kappa shape index (κ1) is 24.1. The highest BCUT2D eigenvalue weighted by Crippen LogP contribution is 2.30. The number of amides is 1. The Balaban J connectivity index is 0.00000392. The molecule has 0 bridgehead atoms. The standard InChI is InChI=1S/C20H31N5O2.HI/c1-15(2)12-21-20(22-13-19(26)24(3)4)23-16-10-11-25(14-16)17-8-6-7-9-18(17)27-5;/h6-9,16H,1,10-14H2,2-5H3,(H2,21,22,23);1H. The number of anilines is 1. The summed E-state index contributed by atoms with van der Waals surface area (Å²) in [6, 6.07) is 8.28. The van der Waals surface area contributed by atoms with Crippen LogP contribution < -0.4 is 20.3 Å². The molecule has 2 N–H and O–H groups in total. The molecule has 0 spiro atoms. The van der Waals surface area contributed by atoms with E-state index in [-0.39, 0.29) is 42.5 Å². The van der Waals surface area contributed by atoms with Gasteiger partial charge in [0.05, 0.1) is 12.8 Å². The van der Waals surface area contributed by atoms with Crippen LogP contribution in [0.25, 0.3) is 0 Å². The molecular weight excluding hydrogens is 469 g/mol. The lowest BCUT2D eigenvalue weighted by Gasteiger charge is -2.22. The van der Waals surface area contributed by atoms with Crippen LogP contribution >= 0.6 is 24.0 Å². The molecule has 1 unspecified atom stereocenters. The number of nitrogens with zero attached hydrogens (tertiary/aromatic N) is 3. The number of hydrogen-bond acceptors (Lipinski definition) is 4. The van der Waals surface area contributed by atoms with Crippen molar-refractivity contribution in [2.75, 3.05) is 52.3 Å². The fourth-order valence-electron chi connectivity index (χ4n) is 2.86. The molecule has 156 valence electrons. The zero-order chi connectivity index (χ0) is 19.8. The molecule has 1 aromatic rings. The highest BCUT2D eigenvalue weighted by Gasteiger charge is 2.25. The van der Waals surface area contributed by atoms with Crippen molar-refractivity contribution in [2.24, 2.45) is 4.99 Å². The fourth-order valence-corrected chi connectivity index (χ4v) is 2.86. The van der Waals surface area contributed by atoms with Crippen LogP contribution in [0.4, 0.5) is 5.69 Å². The van der Waals surface area contributed by atoms with Gasteiger partial charge in [-0.05, 0) is 25.5 Å². The topological polar surface area (TPSA) is 69.2 Å². The molecule has 1 aromatic carbocycles. The fraction of sp³-hybridized carbons (Fsp3) is 0.500. The van der Waals surface area contributed by atoms with Gasteiger partial charge >= 0.3 is 0 Å². The third-order valence-electron chi connectivity index (χ3n) is 4.38. The highest BCUT2D eigenvalue weighted by atomic mass is 127. The normalized spacial score (nSPS) is 16.2. The summed E-state index contributed by atoms with van der Waals surface area (Å²) in [5, 5.41) is 6.69. The second kappa shape index (κ2) is 11.8. The van der Waals surface area contributed by atoms with E-state index in [0.29, 0.717) is 12.5 Å². The quantitative estimate of drug-likeness (QED) is 0.259. The van der Waals surface area contributed by atoms with Crippen molar-refractivity contribution < 1.29 is 9.53 Å². The molecule has 2 rings (SSSR count). The summed E-state index contributed by atoms with van der Waals surface area (Å²) in [6.07, 6.45) is 0.980. The van der Waals surface area contributed by atoms with Gasteiger partial charge in [-0.3, -0.25) is 4.79 Å². The van der Waals surface area contributed by atoms with Gasteiger partial charge in [-0.15, -0.1) is 24.0 Å². The number of benzene rings is 1. The van der Waals surface area contributed by atoms with Gasteiger partial charge in [0.15, 0.2) is 5.96 Å². The van der Waals surface area contributed by atoms with Crippen molar-refractivity contribution >= 4 is 41.5 Å². The molecule has 0 saturated carbocycles. The Bertz CT molecular complexity index is 693. The predicted molar refractivity (Wildman–Crippen MR) is 126 cm³/mol. The molecule has 1 amide bonds. The van der Waals surface area contributed by atoms with E-state index in [9.17, 15) is 4.79 Å². The smallest absolute Gasteiger partial charge is 0.243 e. The summed E-state index contributed by atoms with van der Waals surface area (Å²) < 4.78 is 5.48. The van der Waals surface area contributed by atoms with E-state index < -0.39 is 0 Å². The predicted octanol–water partition coefficient (Wildman–Crippen LogP) is 2.09. The average molecular weight is 501 g/mol. The largest absolute Gasteiger partial charge is 0.495 e. The van der Waals surface area contributed by atoms with Crippen LogP contribution in [0.5, 0.6) is 5.75 Å². The molecule has 1 atom stereocenters. The van der Waals surface area contributed by atoms with Crippen LogP contribution in [0.2, 0.25) is 0 Å². The molecule has 1 aliphatic heterocycles. The number of hydrogen-bond donors (Lipinski definition) is 2. The Kier molecular flexibility index (Phi) is 10.1. The number of aliphatic imine (C=N–C) groups is 1. The number of halogens is 1. The van der Waals surface area contributed by atoms with Gasteiger partial charge in [0, 0.05) is 39.8 Å². The number of methoxy groups -OCH3 is 1. The molecule has 1 saturated heterocycles. The number of guanidine groups is 1. The van der Waals surface area contributed by atoms with Crippen LogP contribution in [-0.2, 0) is 4.79 Å². The second-order valence-corrected chi connectivity index (χ2v) is 7.01. The van der Waals surface area contributed by atoms with Crippen molar-refractivity contribution in [3.63, 3.8) is 0 Å².